The fourth-order valence-corrected chi connectivity index (χ4v) is 3.02. The minimum Gasteiger partial charge on any atom is -0.496 e. The van der Waals surface area contributed by atoms with Crippen molar-refractivity contribution in [2.75, 3.05) is 26.7 Å². The van der Waals surface area contributed by atoms with Crippen LogP contribution in [0.2, 0.25) is 0 Å². The van der Waals surface area contributed by atoms with E-state index in [1.54, 1.807) is 14.0 Å². The highest BCUT2D eigenvalue weighted by Crippen LogP contribution is 2.30. The summed E-state index contributed by atoms with van der Waals surface area (Å²) in [7, 11) is 1.65. The molecule has 1 aliphatic rings. The molecule has 0 saturated carbocycles. The summed E-state index contributed by atoms with van der Waals surface area (Å²) in [6.45, 7) is 3.94. The summed E-state index contributed by atoms with van der Waals surface area (Å²) in [4.78, 5) is 18.8. The number of methoxy groups -OCH3 is 1. The van der Waals surface area contributed by atoms with Gasteiger partial charge >= 0.3 is 0 Å². The fourth-order valence-electron chi connectivity index (χ4n) is 3.02. The van der Waals surface area contributed by atoms with Crippen molar-refractivity contribution in [2.24, 2.45) is 0 Å². The molecular formula is C17H22N4O3. The van der Waals surface area contributed by atoms with E-state index in [0.717, 1.165) is 17.9 Å². The Morgan fingerprint density at radius 1 is 1.46 bits per heavy atom. The predicted octanol–water partition coefficient (Wildman–Crippen LogP) is 1.49. The van der Waals surface area contributed by atoms with Crippen LogP contribution < -0.4 is 10.1 Å². The van der Waals surface area contributed by atoms with E-state index in [2.05, 4.69) is 15.5 Å². The van der Waals surface area contributed by atoms with Gasteiger partial charge in [-0.15, -0.1) is 0 Å². The van der Waals surface area contributed by atoms with E-state index in [0.29, 0.717) is 37.6 Å². The van der Waals surface area contributed by atoms with Gasteiger partial charge < -0.3 is 19.5 Å². The van der Waals surface area contributed by atoms with Gasteiger partial charge in [0, 0.05) is 38.0 Å². The topological polar surface area (TPSA) is 80.5 Å². The number of nitrogens with one attached hydrogen (secondary N) is 1. The van der Waals surface area contributed by atoms with Crippen LogP contribution in [0.5, 0.6) is 5.75 Å². The number of carbonyl (C=O) groups is 1. The van der Waals surface area contributed by atoms with Crippen molar-refractivity contribution in [1.29, 1.82) is 0 Å². The number of ether oxygens (including phenoxy) is 1. The fraction of sp³-hybridized carbons (Fsp3) is 0.471. The van der Waals surface area contributed by atoms with Crippen molar-refractivity contribution >= 4 is 5.91 Å². The molecule has 1 atom stereocenters. The van der Waals surface area contributed by atoms with E-state index in [1.807, 2.05) is 29.2 Å². The molecular weight excluding hydrogens is 308 g/mol. The zero-order valence-electron chi connectivity index (χ0n) is 14.0. The minimum atomic E-state index is -0.0354. The van der Waals surface area contributed by atoms with E-state index in [-0.39, 0.29) is 11.9 Å². The summed E-state index contributed by atoms with van der Waals surface area (Å²) in [5.41, 5.74) is 1.02. The number of rotatable bonds is 5. The summed E-state index contributed by atoms with van der Waals surface area (Å²) < 4.78 is 10.5. The lowest BCUT2D eigenvalue weighted by atomic mass is 10.0. The van der Waals surface area contributed by atoms with Gasteiger partial charge in [0.2, 0.25) is 11.8 Å². The van der Waals surface area contributed by atoms with E-state index in [9.17, 15) is 4.79 Å². The number of nitrogens with zero attached hydrogens (tertiary/aromatic N) is 3. The van der Waals surface area contributed by atoms with Gasteiger partial charge in [0.25, 0.3) is 0 Å². The Hall–Kier alpha value is -2.41. The van der Waals surface area contributed by atoms with Gasteiger partial charge in [-0.25, -0.2) is 0 Å². The van der Waals surface area contributed by atoms with E-state index in [4.69, 9.17) is 9.26 Å². The van der Waals surface area contributed by atoms with Gasteiger partial charge in [0.15, 0.2) is 5.82 Å². The third-order valence-corrected chi connectivity index (χ3v) is 4.18. The minimum absolute atomic E-state index is 0.0354. The molecule has 0 bridgehead atoms. The molecule has 1 aromatic carbocycles. The maximum atomic E-state index is 12.7. The van der Waals surface area contributed by atoms with Gasteiger partial charge in [0.1, 0.15) is 5.75 Å². The molecule has 1 unspecified atom stereocenters. The van der Waals surface area contributed by atoms with Crippen LogP contribution in [0.3, 0.4) is 0 Å². The first kappa shape index (κ1) is 16.4. The summed E-state index contributed by atoms with van der Waals surface area (Å²) in [6.07, 6.45) is 0.815. The van der Waals surface area contributed by atoms with Crippen LogP contribution in [0.1, 0.15) is 29.7 Å². The number of aryl methyl sites for hydroxylation is 2. The van der Waals surface area contributed by atoms with Crippen LogP contribution in [0.25, 0.3) is 0 Å². The van der Waals surface area contributed by atoms with Gasteiger partial charge in [-0.2, -0.15) is 4.98 Å². The Morgan fingerprint density at radius 2 is 2.29 bits per heavy atom. The molecule has 1 aliphatic heterocycles. The number of aromatic nitrogens is 2. The van der Waals surface area contributed by atoms with Crippen LogP contribution in [0, 0.1) is 6.92 Å². The maximum absolute atomic E-state index is 12.7. The molecule has 2 heterocycles. The van der Waals surface area contributed by atoms with Crippen molar-refractivity contribution < 1.29 is 14.1 Å². The summed E-state index contributed by atoms with van der Waals surface area (Å²) in [6, 6.07) is 7.80. The molecule has 128 valence electrons. The van der Waals surface area contributed by atoms with Crippen LogP contribution >= 0.6 is 0 Å². The summed E-state index contributed by atoms with van der Waals surface area (Å²) in [5, 5.41) is 7.11. The molecule has 7 heteroatoms. The lowest BCUT2D eigenvalue weighted by Crippen LogP contribution is -2.48. The van der Waals surface area contributed by atoms with E-state index < -0.39 is 0 Å². The van der Waals surface area contributed by atoms with Crippen molar-refractivity contribution in [2.45, 2.75) is 25.8 Å². The molecule has 1 amide bonds. The second-order valence-electron chi connectivity index (χ2n) is 5.78. The second-order valence-corrected chi connectivity index (χ2v) is 5.78. The molecule has 24 heavy (non-hydrogen) atoms. The predicted molar refractivity (Wildman–Crippen MR) is 87.7 cm³/mol. The molecule has 0 radical (unpaired) electrons. The van der Waals surface area contributed by atoms with Crippen molar-refractivity contribution in [3.8, 4) is 5.75 Å². The largest absolute Gasteiger partial charge is 0.496 e. The number of benzene rings is 1. The first-order chi connectivity index (χ1) is 11.7. The molecule has 0 spiro atoms. The standard InChI is InChI=1S/C17H22N4O3/c1-12-19-16(24-20-12)7-8-17(22)21-10-9-18-11-14(21)13-5-3-4-6-15(13)23-2/h3-6,14,18H,7-11H2,1-2H3. The zero-order valence-corrected chi connectivity index (χ0v) is 14.0. The lowest BCUT2D eigenvalue weighted by molar-refractivity contribution is -0.134. The number of amides is 1. The summed E-state index contributed by atoms with van der Waals surface area (Å²) >= 11 is 0. The second kappa shape index (κ2) is 7.44. The number of para-hydroxylation sites is 1. The monoisotopic (exact) mass is 330 g/mol. The highest BCUT2D eigenvalue weighted by molar-refractivity contribution is 5.77. The van der Waals surface area contributed by atoms with Gasteiger partial charge in [-0.1, -0.05) is 23.4 Å². The van der Waals surface area contributed by atoms with Crippen molar-refractivity contribution in [3.63, 3.8) is 0 Å². The average molecular weight is 330 g/mol. The van der Waals surface area contributed by atoms with Crippen LogP contribution in [0.15, 0.2) is 28.8 Å². The smallest absolute Gasteiger partial charge is 0.227 e. The Bertz CT molecular complexity index is 701. The normalized spacial score (nSPS) is 17.8. The first-order valence-electron chi connectivity index (χ1n) is 8.11. The third kappa shape index (κ3) is 3.56. The van der Waals surface area contributed by atoms with Gasteiger partial charge in [-0.3, -0.25) is 4.79 Å². The average Bonchev–Trinajstić information content (AvgIpc) is 3.05. The molecule has 7 nitrogen and oxygen atoms in total. The highest BCUT2D eigenvalue weighted by atomic mass is 16.5. The van der Waals surface area contributed by atoms with Crippen LogP contribution in [0.4, 0.5) is 0 Å². The van der Waals surface area contributed by atoms with Gasteiger partial charge in [0.05, 0.1) is 13.2 Å². The van der Waals surface area contributed by atoms with E-state index in [1.165, 1.54) is 0 Å². The third-order valence-electron chi connectivity index (χ3n) is 4.18. The number of carbonyl (C=O) groups excluding carboxylic acids is 1. The van der Waals surface area contributed by atoms with E-state index >= 15 is 0 Å². The molecule has 0 aliphatic carbocycles. The molecule has 3 rings (SSSR count). The van der Waals surface area contributed by atoms with Crippen molar-refractivity contribution in [1.82, 2.24) is 20.4 Å². The molecule has 1 aromatic heterocycles. The Balaban J connectivity index is 1.72. The summed E-state index contributed by atoms with van der Waals surface area (Å²) in [5.74, 6) is 1.98. The van der Waals surface area contributed by atoms with Crippen LogP contribution in [-0.2, 0) is 11.2 Å². The Morgan fingerprint density at radius 3 is 3.04 bits per heavy atom. The number of hydrogen-bond acceptors (Lipinski definition) is 6. The molecule has 1 N–H and O–H groups in total. The highest BCUT2D eigenvalue weighted by Gasteiger charge is 2.29. The van der Waals surface area contributed by atoms with Crippen molar-refractivity contribution in [3.05, 3.63) is 41.5 Å². The molecule has 2 aromatic rings. The number of piperazine rings is 1. The van der Waals surface area contributed by atoms with Gasteiger partial charge in [-0.05, 0) is 13.0 Å². The molecule has 1 fully saturated rings. The maximum Gasteiger partial charge on any atom is 0.227 e. The Kier molecular flexibility index (Phi) is 5.10. The van der Waals surface area contributed by atoms with Crippen LogP contribution in [-0.4, -0.2) is 47.7 Å². The molecule has 1 saturated heterocycles. The quantitative estimate of drug-likeness (QED) is 0.895. The number of hydrogen-bond donors (Lipinski definition) is 1. The first-order valence-corrected chi connectivity index (χ1v) is 8.11. The lowest BCUT2D eigenvalue weighted by Gasteiger charge is -2.37. The SMILES string of the molecule is COc1ccccc1C1CNCCN1C(=O)CCc1nc(C)no1. The zero-order chi connectivity index (χ0) is 16.9. The Labute approximate surface area is 141 Å².